The summed E-state index contributed by atoms with van der Waals surface area (Å²) >= 11 is 0. The average Bonchev–Trinajstić information content (AvgIpc) is 2.90. The monoisotopic (exact) mass is 310 g/mol. The molecule has 1 aromatic carbocycles. The number of carbonyl (C=O) groups excluding carboxylic acids is 1. The molecule has 2 heterocycles. The Kier molecular flexibility index (Phi) is 4.18. The van der Waals surface area contributed by atoms with Crippen LogP contribution in [0.2, 0.25) is 0 Å². The first-order chi connectivity index (χ1) is 11.1. The zero-order chi connectivity index (χ0) is 16.2. The number of hydrogen-bond acceptors (Lipinski definition) is 5. The Morgan fingerprint density at radius 2 is 1.91 bits per heavy atom. The fourth-order valence-corrected chi connectivity index (χ4v) is 2.28. The summed E-state index contributed by atoms with van der Waals surface area (Å²) in [5, 5.41) is 18.5. The predicted molar refractivity (Wildman–Crippen MR) is 88.5 cm³/mol. The molecule has 0 spiro atoms. The number of fused-ring (bicyclic) bond motifs is 1. The second kappa shape index (κ2) is 6.43. The van der Waals surface area contributed by atoms with Gasteiger partial charge in [-0.15, -0.1) is 15.3 Å². The smallest absolute Gasteiger partial charge is 0.221 e. The molecule has 2 N–H and O–H groups in total. The fourth-order valence-electron chi connectivity index (χ4n) is 2.28. The molecule has 0 saturated heterocycles. The predicted octanol–water partition coefficient (Wildman–Crippen LogP) is 2.05. The van der Waals surface area contributed by atoms with E-state index in [1.807, 2.05) is 43.3 Å². The summed E-state index contributed by atoms with van der Waals surface area (Å²) in [7, 11) is 0. The molecular weight excluding hydrogens is 292 g/mol. The summed E-state index contributed by atoms with van der Waals surface area (Å²) in [4.78, 5) is 11.0. The van der Waals surface area contributed by atoms with Crippen molar-refractivity contribution in [2.75, 3.05) is 17.2 Å². The average molecular weight is 310 g/mol. The number of benzene rings is 1. The first-order valence-corrected chi connectivity index (χ1v) is 7.41. The highest BCUT2D eigenvalue weighted by Crippen LogP contribution is 2.11. The number of nitrogens with zero attached hydrogens (tertiary/aromatic N) is 4. The van der Waals surface area contributed by atoms with E-state index in [4.69, 9.17) is 0 Å². The van der Waals surface area contributed by atoms with Gasteiger partial charge in [-0.3, -0.25) is 4.79 Å². The van der Waals surface area contributed by atoms with Crippen LogP contribution in [0.3, 0.4) is 0 Å². The molecule has 3 rings (SSSR count). The highest BCUT2D eigenvalue weighted by Gasteiger charge is 2.03. The summed E-state index contributed by atoms with van der Waals surface area (Å²) in [5.41, 5.74) is 2.74. The van der Waals surface area contributed by atoms with E-state index in [1.165, 1.54) is 12.5 Å². The van der Waals surface area contributed by atoms with Crippen LogP contribution in [0.1, 0.15) is 18.3 Å². The summed E-state index contributed by atoms with van der Waals surface area (Å²) in [6, 6.07) is 11.6. The van der Waals surface area contributed by atoms with Gasteiger partial charge in [0.25, 0.3) is 0 Å². The zero-order valence-corrected chi connectivity index (χ0v) is 13.1. The second-order valence-electron chi connectivity index (χ2n) is 5.29. The molecule has 118 valence electrons. The quantitative estimate of drug-likeness (QED) is 0.753. The Hall–Kier alpha value is -2.96. The van der Waals surface area contributed by atoms with E-state index in [0.717, 1.165) is 35.9 Å². The summed E-state index contributed by atoms with van der Waals surface area (Å²) < 4.78 is 1.71. The van der Waals surface area contributed by atoms with Crippen LogP contribution in [-0.2, 0) is 11.2 Å². The van der Waals surface area contributed by atoms with Crippen LogP contribution >= 0.6 is 0 Å². The molecule has 1 amide bonds. The van der Waals surface area contributed by atoms with Gasteiger partial charge in [-0.05, 0) is 43.2 Å². The maximum absolute atomic E-state index is 11.0. The van der Waals surface area contributed by atoms with Crippen molar-refractivity contribution >= 4 is 23.1 Å². The van der Waals surface area contributed by atoms with E-state index in [1.54, 1.807) is 4.52 Å². The first-order valence-electron chi connectivity index (χ1n) is 7.41. The molecule has 0 aliphatic heterocycles. The normalized spacial score (nSPS) is 10.7. The number of anilines is 2. The Morgan fingerprint density at radius 3 is 2.65 bits per heavy atom. The Morgan fingerprint density at radius 1 is 1.13 bits per heavy atom. The number of rotatable bonds is 5. The molecule has 0 saturated carbocycles. The number of aryl methyl sites for hydroxylation is 1. The third-order valence-electron chi connectivity index (χ3n) is 3.41. The van der Waals surface area contributed by atoms with Gasteiger partial charge < -0.3 is 10.6 Å². The van der Waals surface area contributed by atoms with Gasteiger partial charge >= 0.3 is 0 Å². The standard InChI is InChI=1S/C16H18N6O/c1-11-19-20-16-8-7-15(21-22(11)16)17-10-9-13-3-5-14(6-4-13)18-12(2)23/h3-8H,9-10H2,1-2H3,(H,17,21)(H,18,23). The van der Waals surface area contributed by atoms with Crippen molar-refractivity contribution in [1.82, 2.24) is 19.8 Å². The fraction of sp³-hybridized carbons (Fsp3) is 0.250. The van der Waals surface area contributed by atoms with Crippen molar-refractivity contribution in [1.29, 1.82) is 0 Å². The Balaban J connectivity index is 1.57. The van der Waals surface area contributed by atoms with Crippen LogP contribution in [0.15, 0.2) is 36.4 Å². The lowest BCUT2D eigenvalue weighted by atomic mass is 10.1. The Bertz CT molecular complexity index is 824. The number of carbonyl (C=O) groups is 1. The molecule has 0 bridgehead atoms. The minimum Gasteiger partial charge on any atom is -0.368 e. The van der Waals surface area contributed by atoms with Gasteiger partial charge in [0, 0.05) is 19.2 Å². The van der Waals surface area contributed by atoms with Crippen molar-refractivity contribution in [3.05, 3.63) is 47.8 Å². The first kappa shape index (κ1) is 15.0. The van der Waals surface area contributed by atoms with Crippen molar-refractivity contribution in [2.24, 2.45) is 0 Å². The largest absolute Gasteiger partial charge is 0.368 e. The molecule has 0 aliphatic rings. The van der Waals surface area contributed by atoms with Gasteiger partial charge in [0.1, 0.15) is 5.82 Å². The van der Waals surface area contributed by atoms with Crippen LogP contribution in [0.25, 0.3) is 5.65 Å². The van der Waals surface area contributed by atoms with E-state index in [0.29, 0.717) is 0 Å². The second-order valence-corrected chi connectivity index (χ2v) is 5.29. The van der Waals surface area contributed by atoms with Crippen molar-refractivity contribution in [2.45, 2.75) is 20.3 Å². The van der Waals surface area contributed by atoms with E-state index >= 15 is 0 Å². The van der Waals surface area contributed by atoms with Crippen molar-refractivity contribution in [3.63, 3.8) is 0 Å². The molecule has 0 radical (unpaired) electrons. The molecule has 7 heteroatoms. The summed E-state index contributed by atoms with van der Waals surface area (Å²) in [5.74, 6) is 1.48. The minimum atomic E-state index is -0.0647. The Labute approximate surface area is 133 Å². The van der Waals surface area contributed by atoms with Gasteiger partial charge in [-0.1, -0.05) is 12.1 Å². The van der Waals surface area contributed by atoms with E-state index in [2.05, 4.69) is 25.9 Å². The number of hydrogen-bond donors (Lipinski definition) is 2. The molecule has 0 fully saturated rings. The zero-order valence-electron chi connectivity index (χ0n) is 13.1. The number of aromatic nitrogens is 4. The lowest BCUT2D eigenvalue weighted by Gasteiger charge is -2.07. The van der Waals surface area contributed by atoms with Crippen molar-refractivity contribution < 1.29 is 4.79 Å². The van der Waals surface area contributed by atoms with Gasteiger partial charge in [0.2, 0.25) is 5.91 Å². The van der Waals surface area contributed by atoms with Gasteiger partial charge in [0.15, 0.2) is 11.5 Å². The highest BCUT2D eigenvalue weighted by molar-refractivity contribution is 5.88. The molecule has 3 aromatic rings. The lowest BCUT2D eigenvalue weighted by Crippen LogP contribution is -2.09. The molecule has 0 atom stereocenters. The van der Waals surface area contributed by atoms with Crippen LogP contribution in [-0.4, -0.2) is 32.3 Å². The summed E-state index contributed by atoms with van der Waals surface area (Å²) in [6.45, 7) is 4.13. The third kappa shape index (κ3) is 3.63. The summed E-state index contributed by atoms with van der Waals surface area (Å²) in [6.07, 6.45) is 0.862. The van der Waals surface area contributed by atoms with Crippen LogP contribution in [0.4, 0.5) is 11.5 Å². The van der Waals surface area contributed by atoms with E-state index in [-0.39, 0.29) is 5.91 Å². The molecule has 2 aromatic heterocycles. The highest BCUT2D eigenvalue weighted by atomic mass is 16.1. The van der Waals surface area contributed by atoms with Crippen LogP contribution in [0.5, 0.6) is 0 Å². The SMILES string of the molecule is CC(=O)Nc1ccc(CCNc2ccc3nnc(C)n3n2)cc1. The van der Waals surface area contributed by atoms with Gasteiger partial charge in [-0.2, -0.15) is 4.52 Å². The molecule has 7 nitrogen and oxygen atoms in total. The van der Waals surface area contributed by atoms with Gasteiger partial charge in [-0.25, -0.2) is 0 Å². The maximum atomic E-state index is 11.0. The van der Waals surface area contributed by atoms with Crippen LogP contribution in [0, 0.1) is 6.92 Å². The van der Waals surface area contributed by atoms with E-state index in [9.17, 15) is 4.79 Å². The molecule has 23 heavy (non-hydrogen) atoms. The minimum absolute atomic E-state index is 0.0647. The maximum Gasteiger partial charge on any atom is 0.221 e. The van der Waals surface area contributed by atoms with Gasteiger partial charge in [0.05, 0.1) is 0 Å². The molecular formula is C16H18N6O. The number of amides is 1. The third-order valence-corrected chi connectivity index (χ3v) is 3.41. The lowest BCUT2D eigenvalue weighted by molar-refractivity contribution is -0.114. The van der Waals surface area contributed by atoms with Crippen LogP contribution < -0.4 is 10.6 Å². The van der Waals surface area contributed by atoms with Crippen molar-refractivity contribution in [3.8, 4) is 0 Å². The topological polar surface area (TPSA) is 84.2 Å². The number of nitrogens with one attached hydrogen (secondary N) is 2. The van der Waals surface area contributed by atoms with E-state index < -0.39 is 0 Å². The molecule has 0 unspecified atom stereocenters. The molecule has 0 aliphatic carbocycles.